The summed E-state index contributed by atoms with van der Waals surface area (Å²) in [4.78, 5) is 0. The highest BCUT2D eigenvalue weighted by atomic mass is 16.5. The van der Waals surface area contributed by atoms with Crippen molar-refractivity contribution in [3.63, 3.8) is 0 Å². The van der Waals surface area contributed by atoms with Crippen molar-refractivity contribution in [3.05, 3.63) is 95.1 Å². The molecule has 1 atom stereocenters. The van der Waals surface area contributed by atoms with Gasteiger partial charge < -0.3 is 4.74 Å². The third-order valence-corrected chi connectivity index (χ3v) is 4.83. The van der Waals surface area contributed by atoms with E-state index in [1.165, 1.54) is 22.3 Å². The maximum Gasteiger partial charge on any atom is 0.370 e. The van der Waals surface area contributed by atoms with Gasteiger partial charge in [0.05, 0.1) is 5.57 Å². The number of likely N-dealkylation sites (N-methyl/N-ethyl adjacent to an activating group) is 1. The number of hydrogen-bond donors (Lipinski definition) is 0. The summed E-state index contributed by atoms with van der Waals surface area (Å²) in [7, 11) is 2.14. The van der Waals surface area contributed by atoms with E-state index in [1.54, 1.807) is 0 Å². The van der Waals surface area contributed by atoms with Gasteiger partial charge in [-0.3, -0.25) is 0 Å². The van der Waals surface area contributed by atoms with E-state index in [0.717, 1.165) is 18.7 Å². The lowest BCUT2D eigenvalue weighted by Crippen LogP contribution is -2.17. The lowest BCUT2D eigenvalue weighted by atomic mass is 10.0. The Labute approximate surface area is 143 Å². The Morgan fingerprint density at radius 1 is 1.08 bits per heavy atom. The van der Waals surface area contributed by atoms with Crippen LogP contribution in [0.4, 0.5) is 0 Å². The van der Waals surface area contributed by atoms with Crippen LogP contribution in [0, 0.1) is 0 Å². The standard InChI is InChI=1S/C22H22NO/c1-23-21(19-13-3-2-4-14-19)16-24-22(23)20(18-11-7-8-12-18)15-17-9-5-6-10-17/h2-9,11,13-15,21H,10,12,16H2,1H3/q+1/b20-15-. The summed E-state index contributed by atoms with van der Waals surface area (Å²) >= 11 is 0. The zero-order valence-corrected chi connectivity index (χ0v) is 14.0. The van der Waals surface area contributed by atoms with Crippen LogP contribution in [0.25, 0.3) is 0 Å². The quantitative estimate of drug-likeness (QED) is 0.745. The van der Waals surface area contributed by atoms with Gasteiger partial charge in [-0.1, -0.05) is 66.8 Å². The van der Waals surface area contributed by atoms with Crippen LogP contribution in [0.5, 0.6) is 0 Å². The number of ether oxygens (including phenoxy) is 1. The fourth-order valence-corrected chi connectivity index (χ4v) is 3.47. The van der Waals surface area contributed by atoms with E-state index < -0.39 is 0 Å². The van der Waals surface area contributed by atoms with Crippen molar-refractivity contribution < 1.29 is 9.31 Å². The van der Waals surface area contributed by atoms with Crippen LogP contribution in [-0.4, -0.2) is 24.1 Å². The summed E-state index contributed by atoms with van der Waals surface area (Å²) in [6.07, 6.45) is 17.3. The first-order chi connectivity index (χ1) is 11.8. The molecule has 120 valence electrons. The SMILES string of the molecule is C[N+]1=C(/C(=C\C2=CC=CC2)C2=CC=CC2)OCC1c1ccccc1. The molecule has 0 aromatic heterocycles. The Hall–Kier alpha value is -2.61. The molecule has 0 saturated heterocycles. The molecule has 0 spiro atoms. The molecule has 1 aromatic rings. The van der Waals surface area contributed by atoms with Gasteiger partial charge in [0.15, 0.2) is 6.61 Å². The minimum atomic E-state index is 0.273. The number of nitrogens with zero attached hydrogens (tertiary/aromatic N) is 1. The van der Waals surface area contributed by atoms with Crippen molar-refractivity contribution in [1.29, 1.82) is 0 Å². The fourth-order valence-electron chi connectivity index (χ4n) is 3.47. The summed E-state index contributed by atoms with van der Waals surface area (Å²) in [6, 6.07) is 10.9. The van der Waals surface area contributed by atoms with Gasteiger partial charge in [0.2, 0.25) is 6.04 Å². The van der Waals surface area contributed by atoms with Gasteiger partial charge in [-0.2, -0.15) is 4.58 Å². The topological polar surface area (TPSA) is 12.2 Å². The minimum Gasteiger partial charge on any atom is -0.437 e. The highest BCUT2D eigenvalue weighted by Gasteiger charge is 2.36. The molecule has 0 fully saturated rings. The zero-order valence-electron chi connectivity index (χ0n) is 14.0. The van der Waals surface area contributed by atoms with Crippen molar-refractivity contribution in [2.45, 2.75) is 18.9 Å². The van der Waals surface area contributed by atoms with Crippen LogP contribution < -0.4 is 0 Å². The van der Waals surface area contributed by atoms with Gasteiger partial charge in [0.1, 0.15) is 7.05 Å². The Morgan fingerprint density at radius 2 is 1.88 bits per heavy atom. The van der Waals surface area contributed by atoms with Gasteiger partial charge in [0.25, 0.3) is 0 Å². The summed E-state index contributed by atoms with van der Waals surface area (Å²) < 4.78 is 8.46. The molecule has 1 aromatic carbocycles. The van der Waals surface area contributed by atoms with Crippen molar-refractivity contribution >= 4 is 5.90 Å². The Kier molecular flexibility index (Phi) is 4.04. The average Bonchev–Trinajstić information content (AvgIpc) is 3.36. The lowest BCUT2D eigenvalue weighted by Gasteiger charge is -2.07. The molecule has 0 N–H and O–H groups in total. The van der Waals surface area contributed by atoms with Crippen LogP contribution in [-0.2, 0) is 4.74 Å². The van der Waals surface area contributed by atoms with Crippen molar-refractivity contribution in [1.82, 2.24) is 0 Å². The van der Waals surface area contributed by atoms with Gasteiger partial charge in [-0.05, 0) is 30.1 Å². The Bertz CT molecular complexity index is 819. The maximum atomic E-state index is 6.18. The van der Waals surface area contributed by atoms with E-state index in [1.807, 2.05) is 0 Å². The largest absolute Gasteiger partial charge is 0.437 e. The fraction of sp³-hybridized carbons (Fsp3) is 0.227. The molecule has 2 nitrogen and oxygen atoms in total. The van der Waals surface area contributed by atoms with E-state index in [0.29, 0.717) is 6.61 Å². The maximum absolute atomic E-state index is 6.18. The molecule has 1 heterocycles. The normalized spacial score (nSPS) is 22.9. The second kappa shape index (κ2) is 6.48. The second-order valence-corrected chi connectivity index (χ2v) is 6.41. The molecule has 1 aliphatic heterocycles. The smallest absolute Gasteiger partial charge is 0.370 e. The highest BCUT2D eigenvalue weighted by molar-refractivity contribution is 5.96. The number of rotatable bonds is 4. The molecule has 0 radical (unpaired) electrons. The Balaban J connectivity index is 1.71. The number of allylic oxidation sites excluding steroid dienone is 8. The van der Waals surface area contributed by atoms with Crippen LogP contribution in [0.15, 0.2) is 89.6 Å². The molecule has 0 amide bonds. The first-order valence-corrected chi connectivity index (χ1v) is 8.54. The first kappa shape index (κ1) is 14.9. The van der Waals surface area contributed by atoms with Crippen molar-refractivity contribution in [3.8, 4) is 0 Å². The highest BCUT2D eigenvalue weighted by Crippen LogP contribution is 2.30. The van der Waals surface area contributed by atoms with E-state index in [4.69, 9.17) is 4.74 Å². The first-order valence-electron chi connectivity index (χ1n) is 8.54. The van der Waals surface area contributed by atoms with Crippen LogP contribution in [0.1, 0.15) is 24.4 Å². The summed E-state index contributed by atoms with van der Waals surface area (Å²) in [5, 5.41) is 0. The van der Waals surface area contributed by atoms with E-state index in [-0.39, 0.29) is 6.04 Å². The van der Waals surface area contributed by atoms with Crippen molar-refractivity contribution in [2.24, 2.45) is 0 Å². The van der Waals surface area contributed by atoms with Crippen molar-refractivity contribution in [2.75, 3.05) is 13.7 Å². The van der Waals surface area contributed by atoms with Gasteiger partial charge in [-0.15, -0.1) is 0 Å². The predicted molar refractivity (Wildman–Crippen MR) is 98.1 cm³/mol. The van der Waals surface area contributed by atoms with Crippen LogP contribution in [0.2, 0.25) is 0 Å². The van der Waals surface area contributed by atoms with Gasteiger partial charge in [0, 0.05) is 5.56 Å². The molecule has 0 saturated carbocycles. The molecule has 2 aliphatic carbocycles. The molecule has 3 aliphatic rings. The number of hydrogen-bond acceptors (Lipinski definition) is 1. The monoisotopic (exact) mass is 316 g/mol. The zero-order chi connectivity index (χ0) is 16.4. The average molecular weight is 316 g/mol. The molecule has 0 bridgehead atoms. The van der Waals surface area contributed by atoms with Gasteiger partial charge >= 0.3 is 5.90 Å². The molecule has 4 rings (SSSR count). The molecule has 2 heteroatoms. The second-order valence-electron chi connectivity index (χ2n) is 6.41. The molecular weight excluding hydrogens is 294 g/mol. The van der Waals surface area contributed by atoms with Gasteiger partial charge in [-0.25, -0.2) is 0 Å². The molecule has 1 unspecified atom stereocenters. The Morgan fingerprint density at radius 3 is 2.58 bits per heavy atom. The number of benzene rings is 1. The van der Waals surface area contributed by atoms with Crippen LogP contribution >= 0.6 is 0 Å². The lowest BCUT2D eigenvalue weighted by molar-refractivity contribution is -0.532. The predicted octanol–water partition coefficient (Wildman–Crippen LogP) is 4.50. The third-order valence-electron chi connectivity index (χ3n) is 4.83. The summed E-state index contributed by atoms with van der Waals surface area (Å²) in [5.74, 6) is 0.992. The minimum absolute atomic E-state index is 0.273. The summed E-state index contributed by atoms with van der Waals surface area (Å²) in [5.41, 5.74) is 5.19. The molecule has 24 heavy (non-hydrogen) atoms. The summed E-state index contributed by atoms with van der Waals surface area (Å²) in [6.45, 7) is 0.700. The van der Waals surface area contributed by atoms with E-state index in [9.17, 15) is 0 Å². The van der Waals surface area contributed by atoms with E-state index >= 15 is 0 Å². The van der Waals surface area contributed by atoms with Crippen LogP contribution in [0.3, 0.4) is 0 Å². The van der Waals surface area contributed by atoms with E-state index in [2.05, 4.69) is 84.5 Å². The third kappa shape index (κ3) is 2.80. The molecular formula is C22H22NO+.